The number of phosphoric ester groups is 1. The molecular weight excluding hydrogens is 1160 g/mol. The van der Waals surface area contributed by atoms with Crippen LogP contribution in [0.25, 0.3) is 0 Å². The summed E-state index contributed by atoms with van der Waals surface area (Å²) in [5, 5.41) is 3.07. The predicted molar refractivity (Wildman–Crippen MR) is 401 cm³/mol. The fraction of sp³-hybridized carbons (Fsp3) is 0.707. The summed E-state index contributed by atoms with van der Waals surface area (Å²) in [4.78, 5) is 38.0. The van der Waals surface area contributed by atoms with Crippen LogP contribution in [0.5, 0.6) is 0 Å². The van der Waals surface area contributed by atoms with E-state index in [1.165, 1.54) is 161 Å². The molecule has 0 radical (unpaired) electrons. The number of hydrogen-bond donors (Lipinski definition) is 2. The Kier molecular flexibility index (Phi) is 67.0. The van der Waals surface area contributed by atoms with Gasteiger partial charge in [-0.15, -0.1) is 0 Å². The number of allylic oxidation sites excluding steroid dienone is 21. The van der Waals surface area contributed by atoms with Crippen molar-refractivity contribution in [2.24, 2.45) is 0 Å². The zero-order valence-electron chi connectivity index (χ0n) is 60.5. The number of carbonyl (C=O) groups excluding carboxylic acids is 2. The number of unbranched alkanes of at least 4 members (excludes halogenated alkanes) is 32. The largest absolute Gasteiger partial charge is 0.472 e. The summed E-state index contributed by atoms with van der Waals surface area (Å²) in [5.41, 5.74) is 0. The Morgan fingerprint density at radius 3 is 1.07 bits per heavy atom. The van der Waals surface area contributed by atoms with Gasteiger partial charge in [-0.25, -0.2) is 4.57 Å². The predicted octanol–water partition coefficient (Wildman–Crippen LogP) is 24.7. The van der Waals surface area contributed by atoms with E-state index in [1.807, 2.05) is 33.3 Å². The van der Waals surface area contributed by atoms with Gasteiger partial charge >= 0.3 is 13.8 Å². The standard InChI is InChI=1S/C82H143N2O7P/c1-7-10-13-16-19-22-25-28-30-32-34-36-38-40-42-44-46-48-50-52-54-56-59-62-65-68-71-74-81(85)83-79(78-90-92(87,88)89-77-76-84(4,5)6)80(73-70-67-64-61-58-27-24-21-18-15-12-9-3)91-82(86)75-72-69-66-63-60-57-55-53-51-49-47-45-43-41-39-37-35-33-31-29-26-23-20-17-14-11-8-2/h10,13,19-20,22-23,28-31,34-37,40-43,46,48,70,73,79-80H,7-9,11-12,14-18,21,24-27,32-33,38-39,44-45,47,49-69,71-72,74-78H2,1-6H3,(H-,83,85,87,88)/p+1/b13-10-,22-19-,23-20-,30-28-,31-29-,36-34-,37-35-,42-40-,43-41-,48-46-,73-70+. The molecule has 528 valence electrons. The molecule has 0 aromatic rings. The van der Waals surface area contributed by atoms with Crippen LogP contribution < -0.4 is 5.32 Å². The molecule has 0 heterocycles. The molecule has 0 spiro atoms. The summed E-state index contributed by atoms with van der Waals surface area (Å²) >= 11 is 0. The topological polar surface area (TPSA) is 111 Å². The third-order valence-electron chi connectivity index (χ3n) is 16.3. The molecule has 0 aliphatic heterocycles. The number of likely N-dealkylation sites (N-methyl/N-ethyl adjacent to an activating group) is 1. The van der Waals surface area contributed by atoms with Crippen LogP contribution in [0, 0.1) is 0 Å². The second-order valence-electron chi connectivity index (χ2n) is 26.4. The van der Waals surface area contributed by atoms with E-state index >= 15 is 0 Å². The van der Waals surface area contributed by atoms with Crippen molar-refractivity contribution >= 4 is 19.7 Å². The lowest BCUT2D eigenvalue weighted by molar-refractivity contribution is -0.870. The van der Waals surface area contributed by atoms with Crippen LogP contribution in [0.15, 0.2) is 134 Å². The molecule has 1 amide bonds. The van der Waals surface area contributed by atoms with Crippen molar-refractivity contribution < 1.29 is 37.3 Å². The number of nitrogens with one attached hydrogen (secondary N) is 1. The second-order valence-corrected chi connectivity index (χ2v) is 27.9. The SMILES string of the molecule is CC/C=C\C/C=C\C/C=C\C/C=C\C/C=C\C/C=C\CCCCCCCCCCC(=O)NC(COP(=O)(O)OCC[N+](C)(C)C)C(/C=C/CCCCCCCCCCCC)OC(=O)CCCCCCCCCCCCC/C=C\C/C=C\C/C=C\C/C=C\CCCCC. The number of carbonyl (C=O) groups is 2. The molecule has 0 aromatic carbocycles. The second kappa shape index (κ2) is 70.0. The van der Waals surface area contributed by atoms with Gasteiger partial charge in [0, 0.05) is 12.8 Å². The molecule has 0 rings (SSSR count). The van der Waals surface area contributed by atoms with E-state index in [9.17, 15) is 19.0 Å². The number of nitrogens with zero attached hydrogens (tertiary/aromatic N) is 1. The van der Waals surface area contributed by atoms with Crippen molar-refractivity contribution in [2.45, 2.75) is 335 Å². The molecular formula is C82H144N2O7P+. The first-order chi connectivity index (χ1) is 44.9. The van der Waals surface area contributed by atoms with Crippen molar-refractivity contribution in [1.29, 1.82) is 0 Å². The molecule has 2 N–H and O–H groups in total. The van der Waals surface area contributed by atoms with E-state index in [2.05, 4.69) is 148 Å². The molecule has 0 saturated carbocycles. The normalized spacial score (nSPS) is 14.2. The van der Waals surface area contributed by atoms with E-state index in [0.29, 0.717) is 17.4 Å². The maximum absolute atomic E-state index is 13.7. The molecule has 92 heavy (non-hydrogen) atoms. The molecule has 10 heteroatoms. The van der Waals surface area contributed by atoms with Gasteiger partial charge in [-0.05, 0) is 128 Å². The fourth-order valence-electron chi connectivity index (χ4n) is 10.5. The zero-order valence-corrected chi connectivity index (χ0v) is 61.4. The molecule has 3 atom stereocenters. The Morgan fingerprint density at radius 1 is 0.391 bits per heavy atom. The van der Waals surface area contributed by atoms with E-state index in [4.69, 9.17) is 13.8 Å². The van der Waals surface area contributed by atoms with Crippen molar-refractivity contribution in [3.63, 3.8) is 0 Å². The highest BCUT2D eigenvalue weighted by molar-refractivity contribution is 7.47. The lowest BCUT2D eigenvalue weighted by atomic mass is 10.0. The summed E-state index contributed by atoms with van der Waals surface area (Å²) in [6, 6.07) is -0.865. The summed E-state index contributed by atoms with van der Waals surface area (Å²) < 4.78 is 30.9. The van der Waals surface area contributed by atoms with Crippen molar-refractivity contribution in [3.8, 4) is 0 Å². The van der Waals surface area contributed by atoms with Crippen molar-refractivity contribution in [2.75, 3.05) is 40.9 Å². The van der Waals surface area contributed by atoms with Crippen molar-refractivity contribution in [3.05, 3.63) is 134 Å². The Labute approximate surface area is 568 Å². The number of ether oxygens (including phenoxy) is 1. The number of quaternary nitrogens is 1. The first kappa shape index (κ1) is 88.2. The molecule has 0 saturated heterocycles. The van der Waals surface area contributed by atoms with Crippen LogP contribution in [0.2, 0.25) is 0 Å². The molecule has 3 unspecified atom stereocenters. The van der Waals surface area contributed by atoms with Crippen molar-refractivity contribution in [1.82, 2.24) is 5.32 Å². The average molecular weight is 1300 g/mol. The fourth-order valence-corrected chi connectivity index (χ4v) is 11.3. The highest BCUT2D eigenvalue weighted by atomic mass is 31.2. The number of phosphoric acid groups is 1. The highest BCUT2D eigenvalue weighted by Gasteiger charge is 2.30. The van der Waals surface area contributed by atoms with Crippen LogP contribution in [-0.2, 0) is 27.9 Å². The van der Waals surface area contributed by atoms with E-state index in [0.717, 1.165) is 128 Å². The maximum Gasteiger partial charge on any atom is 0.472 e. The van der Waals surface area contributed by atoms with Crippen LogP contribution in [-0.4, -0.2) is 74.3 Å². The summed E-state index contributed by atoms with van der Waals surface area (Å²) in [5.74, 6) is -0.519. The molecule has 0 aliphatic carbocycles. The number of amides is 1. The molecule has 9 nitrogen and oxygen atoms in total. The summed E-state index contributed by atoms with van der Waals surface area (Å²) in [7, 11) is 1.48. The van der Waals surface area contributed by atoms with Gasteiger partial charge in [-0.2, -0.15) is 0 Å². The van der Waals surface area contributed by atoms with E-state index in [1.54, 1.807) is 0 Å². The van der Waals surface area contributed by atoms with Crippen LogP contribution >= 0.6 is 7.82 Å². The van der Waals surface area contributed by atoms with Gasteiger partial charge in [0.2, 0.25) is 5.91 Å². The lowest BCUT2D eigenvalue weighted by Gasteiger charge is -2.27. The minimum absolute atomic E-state index is 0.0318. The minimum Gasteiger partial charge on any atom is -0.456 e. The van der Waals surface area contributed by atoms with Gasteiger partial charge < -0.3 is 19.4 Å². The Bertz CT molecular complexity index is 2040. The molecule has 0 aromatic heterocycles. The van der Waals surface area contributed by atoms with E-state index < -0.39 is 20.0 Å². The average Bonchev–Trinajstić information content (AvgIpc) is 3.69. The lowest BCUT2D eigenvalue weighted by Crippen LogP contribution is -2.47. The monoisotopic (exact) mass is 1300 g/mol. The Morgan fingerprint density at radius 2 is 0.696 bits per heavy atom. The Balaban J connectivity index is 5.03. The highest BCUT2D eigenvalue weighted by Crippen LogP contribution is 2.43. The molecule has 0 bridgehead atoms. The molecule has 0 aliphatic rings. The van der Waals surface area contributed by atoms with Crippen LogP contribution in [0.4, 0.5) is 0 Å². The summed E-state index contributed by atoms with van der Waals surface area (Å²) in [6.45, 7) is 6.88. The number of rotatable bonds is 68. The maximum atomic E-state index is 13.7. The van der Waals surface area contributed by atoms with Gasteiger partial charge in [-0.1, -0.05) is 315 Å². The number of hydrogen-bond acceptors (Lipinski definition) is 6. The number of esters is 1. The quantitative estimate of drug-likeness (QED) is 0.0205. The van der Waals surface area contributed by atoms with Gasteiger partial charge in [-0.3, -0.25) is 18.6 Å². The zero-order chi connectivity index (χ0) is 67.0. The first-order valence-corrected chi connectivity index (χ1v) is 39.5. The van der Waals surface area contributed by atoms with Gasteiger partial charge in [0.1, 0.15) is 19.3 Å². The summed E-state index contributed by atoms with van der Waals surface area (Å²) in [6.07, 6.45) is 100. The van der Waals surface area contributed by atoms with Gasteiger partial charge in [0.15, 0.2) is 0 Å². The molecule has 0 fully saturated rings. The third kappa shape index (κ3) is 70.5. The van der Waals surface area contributed by atoms with Gasteiger partial charge in [0.25, 0.3) is 0 Å². The van der Waals surface area contributed by atoms with E-state index in [-0.39, 0.29) is 31.5 Å². The van der Waals surface area contributed by atoms with Gasteiger partial charge in [0.05, 0.1) is 33.8 Å². The minimum atomic E-state index is -4.47. The third-order valence-corrected chi connectivity index (χ3v) is 17.3. The first-order valence-electron chi connectivity index (χ1n) is 38.0. The van der Waals surface area contributed by atoms with Crippen LogP contribution in [0.1, 0.15) is 323 Å². The smallest absolute Gasteiger partial charge is 0.456 e. The Hall–Kier alpha value is -3.85. The van der Waals surface area contributed by atoms with Crippen LogP contribution in [0.3, 0.4) is 0 Å².